The second-order valence-electron chi connectivity index (χ2n) is 5.28. The van der Waals surface area contributed by atoms with Crippen molar-refractivity contribution in [3.63, 3.8) is 0 Å². The molecule has 20 heavy (non-hydrogen) atoms. The van der Waals surface area contributed by atoms with E-state index in [-0.39, 0.29) is 18.0 Å². The number of nitrogens with two attached hydrogens (primary N) is 1. The molecule has 0 aromatic heterocycles. The van der Waals surface area contributed by atoms with E-state index < -0.39 is 5.82 Å². The Kier molecular flexibility index (Phi) is 5.16. The molecule has 110 valence electrons. The molecular weight excluding hydrogens is 323 g/mol. The normalized spacial score (nSPS) is 22.6. The van der Waals surface area contributed by atoms with Crippen molar-refractivity contribution in [1.29, 1.82) is 0 Å². The van der Waals surface area contributed by atoms with Crippen molar-refractivity contribution in [2.75, 3.05) is 6.54 Å². The van der Waals surface area contributed by atoms with Crippen molar-refractivity contribution in [1.82, 2.24) is 4.90 Å². The largest absolute Gasteiger partial charge is 0.336 e. The highest BCUT2D eigenvalue weighted by atomic mass is 79.9. The lowest BCUT2D eigenvalue weighted by Gasteiger charge is -2.35. The maximum atomic E-state index is 13.4. The second kappa shape index (κ2) is 6.68. The maximum absolute atomic E-state index is 13.4. The first-order valence-electron chi connectivity index (χ1n) is 7.04. The quantitative estimate of drug-likeness (QED) is 0.915. The van der Waals surface area contributed by atoms with Crippen LogP contribution in [0.3, 0.4) is 0 Å². The second-order valence-corrected chi connectivity index (χ2v) is 6.14. The van der Waals surface area contributed by atoms with Gasteiger partial charge in [0.25, 0.3) is 5.91 Å². The molecule has 0 unspecified atom stereocenters. The fourth-order valence-corrected chi connectivity index (χ4v) is 3.21. The topological polar surface area (TPSA) is 46.3 Å². The summed E-state index contributed by atoms with van der Waals surface area (Å²) in [5, 5.41) is 0. The minimum atomic E-state index is -0.390. The van der Waals surface area contributed by atoms with Crippen molar-refractivity contribution >= 4 is 21.8 Å². The van der Waals surface area contributed by atoms with Crippen LogP contribution in [-0.4, -0.2) is 29.4 Å². The zero-order chi connectivity index (χ0) is 14.7. The smallest absolute Gasteiger partial charge is 0.255 e. The number of hydrogen-bond acceptors (Lipinski definition) is 2. The van der Waals surface area contributed by atoms with Crippen molar-refractivity contribution in [2.45, 2.75) is 44.7 Å². The number of rotatable bonds is 3. The lowest BCUT2D eigenvalue weighted by Crippen LogP contribution is -2.44. The van der Waals surface area contributed by atoms with E-state index in [1.165, 1.54) is 12.1 Å². The van der Waals surface area contributed by atoms with Gasteiger partial charge in [0.2, 0.25) is 0 Å². The number of amides is 1. The lowest BCUT2D eigenvalue weighted by molar-refractivity contribution is 0.0639. The molecule has 0 aliphatic heterocycles. The summed E-state index contributed by atoms with van der Waals surface area (Å²) in [5.41, 5.74) is 6.30. The molecule has 2 N–H and O–H groups in total. The Morgan fingerprint density at radius 3 is 2.65 bits per heavy atom. The van der Waals surface area contributed by atoms with Crippen LogP contribution >= 0.6 is 15.9 Å². The third-order valence-corrected chi connectivity index (χ3v) is 4.63. The SMILES string of the molecule is CCN(C(=O)c1cc(F)ccc1Br)C1CCC(N)CC1. The van der Waals surface area contributed by atoms with Crippen LogP contribution in [0.4, 0.5) is 4.39 Å². The van der Waals surface area contributed by atoms with Crippen LogP contribution in [0, 0.1) is 5.82 Å². The zero-order valence-electron chi connectivity index (χ0n) is 11.6. The number of halogens is 2. The highest BCUT2D eigenvalue weighted by Gasteiger charge is 2.28. The first kappa shape index (κ1) is 15.4. The van der Waals surface area contributed by atoms with Crippen molar-refractivity contribution < 1.29 is 9.18 Å². The van der Waals surface area contributed by atoms with E-state index in [2.05, 4.69) is 15.9 Å². The van der Waals surface area contributed by atoms with Crippen LogP contribution in [0.2, 0.25) is 0 Å². The molecule has 1 saturated carbocycles. The van der Waals surface area contributed by atoms with E-state index >= 15 is 0 Å². The molecule has 0 heterocycles. The molecule has 0 spiro atoms. The van der Waals surface area contributed by atoms with E-state index in [9.17, 15) is 9.18 Å². The Bertz CT molecular complexity index is 487. The Balaban J connectivity index is 2.18. The molecule has 1 amide bonds. The van der Waals surface area contributed by atoms with Gasteiger partial charge in [-0.3, -0.25) is 4.79 Å². The number of nitrogens with zero attached hydrogens (tertiary/aromatic N) is 1. The van der Waals surface area contributed by atoms with Crippen LogP contribution in [0.5, 0.6) is 0 Å². The van der Waals surface area contributed by atoms with Gasteiger partial charge in [0.1, 0.15) is 5.82 Å². The van der Waals surface area contributed by atoms with Gasteiger partial charge in [-0.25, -0.2) is 4.39 Å². The molecule has 0 saturated heterocycles. The first-order chi connectivity index (χ1) is 9.52. The lowest BCUT2D eigenvalue weighted by atomic mass is 9.90. The van der Waals surface area contributed by atoms with Gasteiger partial charge in [-0.05, 0) is 66.7 Å². The van der Waals surface area contributed by atoms with E-state index in [0.717, 1.165) is 25.7 Å². The molecule has 1 fully saturated rings. The van der Waals surface area contributed by atoms with Crippen LogP contribution in [-0.2, 0) is 0 Å². The minimum absolute atomic E-state index is 0.112. The molecule has 5 heteroatoms. The van der Waals surface area contributed by atoms with Crippen molar-refractivity contribution in [3.05, 3.63) is 34.1 Å². The summed E-state index contributed by atoms with van der Waals surface area (Å²) >= 11 is 3.33. The minimum Gasteiger partial charge on any atom is -0.336 e. The predicted octanol–water partition coefficient (Wildman–Crippen LogP) is 3.32. The monoisotopic (exact) mass is 342 g/mol. The zero-order valence-corrected chi connectivity index (χ0v) is 13.2. The summed E-state index contributed by atoms with van der Waals surface area (Å²) in [6.07, 6.45) is 3.74. The van der Waals surface area contributed by atoms with E-state index in [1.54, 1.807) is 6.07 Å². The molecule has 2 rings (SSSR count). The molecule has 1 aromatic carbocycles. The average Bonchev–Trinajstić information content (AvgIpc) is 2.44. The Morgan fingerprint density at radius 1 is 1.40 bits per heavy atom. The third-order valence-electron chi connectivity index (χ3n) is 3.94. The molecule has 0 atom stereocenters. The van der Waals surface area contributed by atoms with Gasteiger partial charge in [0.05, 0.1) is 5.56 Å². The number of carbonyl (C=O) groups excluding carboxylic acids is 1. The summed E-state index contributed by atoms with van der Waals surface area (Å²) < 4.78 is 14.0. The van der Waals surface area contributed by atoms with Crippen LogP contribution in [0.1, 0.15) is 43.0 Å². The highest BCUT2D eigenvalue weighted by molar-refractivity contribution is 9.10. The summed E-state index contributed by atoms with van der Waals surface area (Å²) in [5.74, 6) is -0.502. The molecule has 3 nitrogen and oxygen atoms in total. The van der Waals surface area contributed by atoms with Gasteiger partial charge in [0, 0.05) is 23.1 Å². The molecule has 1 aromatic rings. The van der Waals surface area contributed by atoms with Gasteiger partial charge < -0.3 is 10.6 Å². The molecule has 0 bridgehead atoms. The van der Waals surface area contributed by atoms with Gasteiger partial charge in [-0.15, -0.1) is 0 Å². The average molecular weight is 343 g/mol. The standard InChI is InChI=1S/C15H20BrFN2O/c1-2-19(12-6-4-11(18)5-7-12)15(20)13-9-10(17)3-8-14(13)16/h3,8-9,11-12H,2,4-7,18H2,1H3. The van der Waals surface area contributed by atoms with Crippen LogP contribution in [0.15, 0.2) is 22.7 Å². The third kappa shape index (κ3) is 3.38. The Morgan fingerprint density at radius 2 is 2.05 bits per heavy atom. The summed E-state index contributed by atoms with van der Waals surface area (Å²) in [4.78, 5) is 14.5. The molecule has 0 radical (unpaired) electrons. The summed E-state index contributed by atoms with van der Waals surface area (Å²) in [7, 11) is 0. The summed E-state index contributed by atoms with van der Waals surface area (Å²) in [6, 6.07) is 4.68. The molecule has 1 aliphatic carbocycles. The fraction of sp³-hybridized carbons (Fsp3) is 0.533. The van der Waals surface area contributed by atoms with E-state index in [1.807, 2.05) is 11.8 Å². The van der Waals surface area contributed by atoms with Crippen molar-refractivity contribution in [3.8, 4) is 0 Å². The van der Waals surface area contributed by atoms with E-state index in [0.29, 0.717) is 16.6 Å². The van der Waals surface area contributed by atoms with Crippen LogP contribution in [0.25, 0.3) is 0 Å². The Labute approximate surface area is 127 Å². The maximum Gasteiger partial charge on any atom is 0.255 e. The van der Waals surface area contributed by atoms with Crippen LogP contribution < -0.4 is 5.73 Å². The molecule has 1 aliphatic rings. The number of carbonyl (C=O) groups is 1. The predicted molar refractivity (Wildman–Crippen MR) is 81.0 cm³/mol. The summed E-state index contributed by atoms with van der Waals surface area (Å²) in [6.45, 7) is 2.58. The van der Waals surface area contributed by atoms with Gasteiger partial charge in [-0.2, -0.15) is 0 Å². The fourth-order valence-electron chi connectivity index (χ4n) is 2.80. The highest BCUT2D eigenvalue weighted by Crippen LogP contribution is 2.26. The van der Waals surface area contributed by atoms with Gasteiger partial charge in [0.15, 0.2) is 0 Å². The van der Waals surface area contributed by atoms with E-state index in [4.69, 9.17) is 5.73 Å². The number of hydrogen-bond donors (Lipinski definition) is 1. The number of benzene rings is 1. The van der Waals surface area contributed by atoms with Gasteiger partial charge >= 0.3 is 0 Å². The van der Waals surface area contributed by atoms with Crippen molar-refractivity contribution in [2.24, 2.45) is 5.73 Å². The molecular formula is C15H20BrFN2O. The first-order valence-corrected chi connectivity index (χ1v) is 7.83. The van der Waals surface area contributed by atoms with Gasteiger partial charge in [-0.1, -0.05) is 0 Å². The Hall–Kier alpha value is -0.940.